The van der Waals surface area contributed by atoms with Crippen molar-refractivity contribution in [3.05, 3.63) is 63.6 Å². The number of rotatable bonds is 2. The molecule has 20 heavy (non-hydrogen) atoms. The quantitative estimate of drug-likeness (QED) is 0.740. The molecule has 1 atom stereocenters. The Labute approximate surface area is 131 Å². The van der Waals surface area contributed by atoms with Crippen molar-refractivity contribution in [2.24, 2.45) is 0 Å². The zero-order valence-electron chi connectivity index (χ0n) is 10.9. The number of nitrogens with zero attached hydrogens (tertiary/aromatic N) is 1. The summed E-state index contributed by atoms with van der Waals surface area (Å²) in [5, 5.41) is -0.225. The third kappa shape index (κ3) is 2.25. The summed E-state index contributed by atoms with van der Waals surface area (Å²) in [4.78, 5) is 13.4. The van der Waals surface area contributed by atoms with Gasteiger partial charge >= 0.3 is 0 Å². The van der Waals surface area contributed by atoms with Gasteiger partial charge in [-0.15, -0.1) is 11.6 Å². The third-order valence-electron chi connectivity index (χ3n) is 3.65. The molecule has 1 amide bonds. The number of alkyl halides is 1. The highest BCUT2D eigenvalue weighted by Crippen LogP contribution is 2.37. The number of benzene rings is 2. The first-order valence-corrected chi connectivity index (χ1v) is 7.59. The number of hydrogen-bond donors (Lipinski definition) is 0. The highest BCUT2D eigenvalue weighted by molar-refractivity contribution is 9.10. The van der Waals surface area contributed by atoms with E-state index < -0.39 is 0 Å². The Hall–Kier alpha value is -1.32. The third-order valence-corrected chi connectivity index (χ3v) is 4.86. The van der Waals surface area contributed by atoms with E-state index in [0.717, 1.165) is 26.9 Å². The topological polar surface area (TPSA) is 20.3 Å². The van der Waals surface area contributed by atoms with Crippen LogP contribution in [0.2, 0.25) is 0 Å². The number of halogens is 2. The molecule has 1 heterocycles. The Morgan fingerprint density at radius 3 is 2.75 bits per heavy atom. The number of carbonyl (C=O) groups excluding carboxylic acids is 1. The average Bonchev–Trinajstić information content (AvgIpc) is 2.73. The largest absolute Gasteiger partial charge is 0.315 e. The Balaban J connectivity index is 1.99. The van der Waals surface area contributed by atoms with E-state index in [1.165, 1.54) is 0 Å². The fourth-order valence-corrected chi connectivity index (χ4v) is 3.48. The minimum atomic E-state index is -0.225. The zero-order chi connectivity index (χ0) is 14.3. The molecule has 4 heteroatoms. The van der Waals surface area contributed by atoms with Gasteiger partial charge in [-0.3, -0.25) is 4.79 Å². The Bertz CT molecular complexity index is 686. The minimum absolute atomic E-state index is 0.129. The van der Waals surface area contributed by atoms with Gasteiger partial charge in [-0.05, 0) is 28.8 Å². The molecule has 2 aromatic rings. The van der Waals surface area contributed by atoms with Crippen molar-refractivity contribution in [3.63, 3.8) is 0 Å². The highest BCUT2D eigenvalue weighted by Gasteiger charge is 2.25. The Morgan fingerprint density at radius 2 is 2.00 bits per heavy atom. The summed E-state index contributed by atoms with van der Waals surface area (Å²) in [6.45, 7) is 0. The Kier molecular flexibility index (Phi) is 3.57. The number of anilines is 1. The fraction of sp³-hybridized carbons (Fsp3) is 0.188. The van der Waals surface area contributed by atoms with Crippen LogP contribution in [-0.4, -0.2) is 13.0 Å². The standard InChI is InChI=1S/C16H13BrClNO/c1-19-14-7-6-10(8-11(14)9-15(19)20)16(18)12-4-2-3-5-13(12)17/h2-8,16H,9H2,1H3. The van der Waals surface area contributed by atoms with Gasteiger partial charge in [0, 0.05) is 17.2 Å². The van der Waals surface area contributed by atoms with E-state index in [4.69, 9.17) is 11.6 Å². The number of hydrogen-bond acceptors (Lipinski definition) is 1. The maximum absolute atomic E-state index is 11.7. The van der Waals surface area contributed by atoms with Crippen molar-refractivity contribution >= 4 is 39.1 Å². The summed E-state index contributed by atoms with van der Waals surface area (Å²) in [7, 11) is 1.81. The lowest BCUT2D eigenvalue weighted by molar-refractivity contribution is -0.117. The fourth-order valence-electron chi connectivity index (χ4n) is 2.51. The van der Waals surface area contributed by atoms with Gasteiger partial charge in [-0.1, -0.05) is 46.3 Å². The molecule has 1 aliphatic rings. The number of fused-ring (bicyclic) bond motifs is 1. The number of carbonyl (C=O) groups is 1. The van der Waals surface area contributed by atoms with Crippen LogP contribution in [0.15, 0.2) is 46.9 Å². The van der Waals surface area contributed by atoms with E-state index in [1.807, 2.05) is 42.5 Å². The van der Waals surface area contributed by atoms with Crippen LogP contribution < -0.4 is 4.90 Å². The average molecular weight is 351 g/mol. The normalized spacial score (nSPS) is 15.3. The van der Waals surface area contributed by atoms with E-state index >= 15 is 0 Å². The molecular weight excluding hydrogens is 338 g/mol. The van der Waals surface area contributed by atoms with Crippen LogP contribution in [-0.2, 0) is 11.2 Å². The Morgan fingerprint density at radius 1 is 1.25 bits per heavy atom. The van der Waals surface area contributed by atoms with Gasteiger partial charge < -0.3 is 4.90 Å². The first-order chi connectivity index (χ1) is 9.58. The van der Waals surface area contributed by atoms with Gasteiger partial charge in [0.1, 0.15) is 0 Å². The molecule has 0 spiro atoms. The molecule has 2 nitrogen and oxygen atoms in total. The molecule has 102 valence electrons. The predicted octanol–water partition coefficient (Wildman–Crippen LogP) is 4.30. The maximum Gasteiger partial charge on any atom is 0.231 e. The lowest BCUT2D eigenvalue weighted by Crippen LogP contribution is -2.20. The molecule has 0 aliphatic carbocycles. The van der Waals surface area contributed by atoms with E-state index in [9.17, 15) is 4.79 Å². The van der Waals surface area contributed by atoms with Gasteiger partial charge in [0.25, 0.3) is 0 Å². The second-order valence-corrected chi connectivity index (χ2v) is 6.19. The van der Waals surface area contributed by atoms with Crippen LogP contribution in [0.3, 0.4) is 0 Å². The van der Waals surface area contributed by atoms with Crippen LogP contribution in [0, 0.1) is 0 Å². The van der Waals surface area contributed by atoms with Crippen molar-refractivity contribution < 1.29 is 4.79 Å². The second kappa shape index (κ2) is 5.23. The lowest BCUT2D eigenvalue weighted by atomic mass is 10.0. The van der Waals surface area contributed by atoms with Crippen molar-refractivity contribution in [2.45, 2.75) is 11.8 Å². The summed E-state index contributed by atoms with van der Waals surface area (Å²) in [5.41, 5.74) is 4.08. The molecule has 0 fully saturated rings. The molecule has 0 bridgehead atoms. The minimum Gasteiger partial charge on any atom is -0.315 e. The summed E-state index contributed by atoms with van der Waals surface area (Å²) in [6.07, 6.45) is 0.458. The van der Waals surface area contributed by atoms with E-state index in [-0.39, 0.29) is 11.3 Å². The van der Waals surface area contributed by atoms with Crippen LogP contribution in [0.5, 0.6) is 0 Å². The van der Waals surface area contributed by atoms with E-state index in [0.29, 0.717) is 6.42 Å². The maximum atomic E-state index is 11.7. The summed E-state index contributed by atoms with van der Waals surface area (Å²) in [6, 6.07) is 13.9. The predicted molar refractivity (Wildman–Crippen MR) is 85.4 cm³/mol. The molecule has 0 saturated heterocycles. The molecule has 0 saturated carbocycles. The van der Waals surface area contributed by atoms with Crippen molar-refractivity contribution in [1.29, 1.82) is 0 Å². The van der Waals surface area contributed by atoms with E-state index in [2.05, 4.69) is 15.9 Å². The molecule has 3 rings (SSSR count). The summed E-state index contributed by atoms with van der Waals surface area (Å²) in [5.74, 6) is 0.129. The molecule has 0 radical (unpaired) electrons. The van der Waals surface area contributed by atoms with Crippen LogP contribution >= 0.6 is 27.5 Å². The van der Waals surface area contributed by atoms with Gasteiger partial charge in [-0.2, -0.15) is 0 Å². The zero-order valence-corrected chi connectivity index (χ0v) is 13.3. The summed E-state index contributed by atoms with van der Waals surface area (Å²) < 4.78 is 0.994. The lowest BCUT2D eigenvalue weighted by Gasteiger charge is -2.15. The first kappa shape index (κ1) is 13.7. The van der Waals surface area contributed by atoms with Crippen molar-refractivity contribution in [1.82, 2.24) is 0 Å². The van der Waals surface area contributed by atoms with Gasteiger partial charge in [0.05, 0.1) is 11.8 Å². The first-order valence-electron chi connectivity index (χ1n) is 6.36. The van der Waals surface area contributed by atoms with Crippen molar-refractivity contribution in [2.75, 3.05) is 11.9 Å². The highest BCUT2D eigenvalue weighted by atomic mass is 79.9. The molecule has 0 N–H and O–H groups in total. The SMILES string of the molecule is CN1C(=O)Cc2cc(C(Cl)c3ccccc3Br)ccc21. The molecule has 0 aromatic heterocycles. The molecule has 2 aromatic carbocycles. The van der Waals surface area contributed by atoms with E-state index in [1.54, 1.807) is 11.9 Å². The molecule has 1 unspecified atom stereocenters. The van der Waals surface area contributed by atoms with Crippen LogP contribution in [0.4, 0.5) is 5.69 Å². The number of likely N-dealkylation sites (N-methyl/N-ethyl adjacent to an activating group) is 1. The van der Waals surface area contributed by atoms with Crippen LogP contribution in [0.1, 0.15) is 22.1 Å². The molecular formula is C16H13BrClNO. The van der Waals surface area contributed by atoms with Crippen molar-refractivity contribution in [3.8, 4) is 0 Å². The van der Waals surface area contributed by atoms with Gasteiger partial charge in [0.15, 0.2) is 0 Å². The monoisotopic (exact) mass is 349 g/mol. The second-order valence-electron chi connectivity index (χ2n) is 4.90. The van der Waals surface area contributed by atoms with Gasteiger partial charge in [-0.25, -0.2) is 0 Å². The summed E-state index contributed by atoms with van der Waals surface area (Å²) >= 11 is 10.1. The smallest absolute Gasteiger partial charge is 0.231 e. The van der Waals surface area contributed by atoms with Gasteiger partial charge in [0.2, 0.25) is 5.91 Å². The molecule has 1 aliphatic heterocycles. The number of amides is 1. The van der Waals surface area contributed by atoms with Crippen LogP contribution in [0.25, 0.3) is 0 Å².